The van der Waals surface area contributed by atoms with Gasteiger partial charge in [0, 0.05) is 12.7 Å². The number of nitrogens with zero attached hydrogens (tertiary/aromatic N) is 1. The lowest BCUT2D eigenvalue weighted by atomic mass is 10.00. The number of aromatic nitrogens is 1. The van der Waals surface area contributed by atoms with E-state index in [1.807, 2.05) is 12.1 Å². The molecule has 0 bridgehead atoms. The Hall–Kier alpha value is -0.800. The molecule has 0 aromatic carbocycles. The van der Waals surface area contributed by atoms with Crippen LogP contribution in [0.5, 0.6) is 0 Å². The van der Waals surface area contributed by atoms with Gasteiger partial charge < -0.3 is 10.6 Å². The number of hydrogen-bond acceptors (Lipinski definition) is 3. The SMILES string of the molecule is Clc1ncccc1NCC1CCCNC1. The van der Waals surface area contributed by atoms with Gasteiger partial charge in [0.05, 0.1) is 5.69 Å². The van der Waals surface area contributed by atoms with Crippen molar-refractivity contribution in [3.8, 4) is 0 Å². The molecule has 2 rings (SSSR count). The molecular formula is C11H16ClN3. The van der Waals surface area contributed by atoms with Crippen molar-refractivity contribution in [2.45, 2.75) is 12.8 Å². The van der Waals surface area contributed by atoms with Gasteiger partial charge in [0.15, 0.2) is 5.15 Å². The van der Waals surface area contributed by atoms with E-state index < -0.39 is 0 Å². The predicted octanol–water partition coefficient (Wildman–Crippen LogP) is 2.15. The third kappa shape index (κ3) is 3.08. The van der Waals surface area contributed by atoms with Crippen molar-refractivity contribution >= 4 is 17.3 Å². The third-order valence-corrected chi connectivity index (χ3v) is 3.04. The fraction of sp³-hybridized carbons (Fsp3) is 0.545. The molecule has 0 spiro atoms. The van der Waals surface area contributed by atoms with Crippen LogP contribution in [-0.4, -0.2) is 24.6 Å². The number of anilines is 1. The van der Waals surface area contributed by atoms with Crippen LogP contribution in [-0.2, 0) is 0 Å². The molecule has 0 amide bonds. The number of halogens is 1. The summed E-state index contributed by atoms with van der Waals surface area (Å²) in [5.74, 6) is 0.704. The summed E-state index contributed by atoms with van der Waals surface area (Å²) in [6, 6.07) is 3.86. The molecule has 2 heterocycles. The first-order valence-electron chi connectivity index (χ1n) is 5.41. The second-order valence-corrected chi connectivity index (χ2v) is 4.29. The zero-order valence-electron chi connectivity index (χ0n) is 8.67. The van der Waals surface area contributed by atoms with Crippen molar-refractivity contribution in [2.24, 2.45) is 5.92 Å². The van der Waals surface area contributed by atoms with Gasteiger partial charge in [-0.25, -0.2) is 4.98 Å². The van der Waals surface area contributed by atoms with Gasteiger partial charge in [-0.05, 0) is 44.0 Å². The summed E-state index contributed by atoms with van der Waals surface area (Å²) in [6.45, 7) is 3.23. The summed E-state index contributed by atoms with van der Waals surface area (Å²) in [5.41, 5.74) is 0.935. The smallest absolute Gasteiger partial charge is 0.152 e. The molecule has 3 nitrogen and oxygen atoms in total. The Morgan fingerprint density at radius 3 is 3.27 bits per heavy atom. The first-order chi connectivity index (χ1) is 7.36. The number of nitrogens with one attached hydrogen (secondary N) is 2. The van der Waals surface area contributed by atoms with Crippen molar-refractivity contribution in [1.29, 1.82) is 0 Å². The highest BCUT2D eigenvalue weighted by molar-refractivity contribution is 6.31. The normalized spacial score (nSPS) is 21.3. The standard InChI is InChI=1S/C11H16ClN3/c12-11-10(4-2-6-14-11)15-8-9-3-1-5-13-7-9/h2,4,6,9,13,15H,1,3,5,7-8H2. The van der Waals surface area contributed by atoms with Crippen LogP contribution in [0.3, 0.4) is 0 Å². The van der Waals surface area contributed by atoms with E-state index in [0.29, 0.717) is 11.1 Å². The lowest BCUT2D eigenvalue weighted by Crippen LogP contribution is -2.33. The lowest BCUT2D eigenvalue weighted by molar-refractivity contribution is 0.393. The lowest BCUT2D eigenvalue weighted by Gasteiger charge is -2.23. The van der Waals surface area contributed by atoms with E-state index in [9.17, 15) is 0 Å². The maximum atomic E-state index is 5.95. The molecule has 82 valence electrons. The minimum atomic E-state index is 0.557. The van der Waals surface area contributed by atoms with Gasteiger partial charge in [0.2, 0.25) is 0 Å². The molecule has 1 fully saturated rings. The molecule has 2 N–H and O–H groups in total. The summed E-state index contributed by atoms with van der Waals surface area (Å²) in [6.07, 6.45) is 4.26. The minimum absolute atomic E-state index is 0.557. The Labute approximate surface area is 95.2 Å². The number of piperidine rings is 1. The summed E-state index contributed by atoms with van der Waals surface area (Å²) in [7, 11) is 0. The van der Waals surface area contributed by atoms with E-state index in [1.165, 1.54) is 12.8 Å². The number of pyridine rings is 1. The van der Waals surface area contributed by atoms with Crippen LogP contribution in [0.1, 0.15) is 12.8 Å². The molecule has 0 saturated carbocycles. The fourth-order valence-corrected chi connectivity index (χ4v) is 2.06. The first kappa shape index (κ1) is 10.7. The third-order valence-electron chi connectivity index (χ3n) is 2.74. The second-order valence-electron chi connectivity index (χ2n) is 3.94. The predicted molar refractivity (Wildman–Crippen MR) is 63.3 cm³/mol. The Kier molecular flexibility index (Phi) is 3.80. The van der Waals surface area contributed by atoms with E-state index in [-0.39, 0.29) is 0 Å². The highest BCUT2D eigenvalue weighted by Gasteiger charge is 2.12. The van der Waals surface area contributed by atoms with Crippen molar-refractivity contribution in [1.82, 2.24) is 10.3 Å². The molecule has 1 aromatic rings. The van der Waals surface area contributed by atoms with E-state index in [4.69, 9.17) is 11.6 Å². The maximum Gasteiger partial charge on any atom is 0.152 e. The Bertz CT molecular complexity index is 310. The fourth-order valence-electron chi connectivity index (χ4n) is 1.87. The second kappa shape index (κ2) is 5.33. The highest BCUT2D eigenvalue weighted by Crippen LogP contribution is 2.19. The topological polar surface area (TPSA) is 37.0 Å². The van der Waals surface area contributed by atoms with Crippen LogP contribution in [0.4, 0.5) is 5.69 Å². The molecule has 0 aliphatic carbocycles. The molecule has 4 heteroatoms. The maximum absolute atomic E-state index is 5.95. The monoisotopic (exact) mass is 225 g/mol. The quantitative estimate of drug-likeness (QED) is 0.775. The largest absolute Gasteiger partial charge is 0.382 e. The van der Waals surface area contributed by atoms with E-state index in [1.54, 1.807) is 6.20 Å². The van der Waals surface area contributed by atoms with E-state index in [0.717, 1.165) is 25.3 Å². The molecule has 15 heavy (non-hydrogen) atoms. The molecule has 0 radical (unpaired) electrons. The van der Waals surface area contributed by atoms with Crippen molar-refractivity contribution in [3.63, 3.8) is 0 Å². The minimum Gasteiger partial charge on any atom is -0.382 e. The van der Waals surface area contributed by atoms with Crippen LogP contribution in [0.25, 0.3) is 0 Å². The van der Waals surface area contributed by atoms with Crippen molar-refractivity contribution in [2.75, 3.05) is 25.0 Å². The van der Waals surface area contributed by atoms with Crippen LogP contribution in [0.2, 0.25) is 5.15 Å². The van der Waals surface area contributed by atoms with E-state index >= 15 is 0 Å². The summed E-state index contributed by atoms with van der Waals surface area (Å²) in [5, 5.41) is 7.30. The summed E-state index contributed by atoms with van der Waals surface area (Å²) < 4.78 is 0. The average molecular weight is 226 g/mol. The average Bonchev–Trinajstić information content (AvgIpc) is 2.29. The summed E-state index contributed by atoms with van der Waals surface area (Å²) >= 11 is 5.95. The van der Waals surface area contributed by atoms with Crippen molar-refractivity contribution < 1.29 is 0 Å². The molecule has 1 aromatic heterocycles. The van der Waals surface area contributed by atoms with Crippen LogP contribution < -0.4 is 10.6 Å². The first-order valence-corrected chi connectivity index (χ1v) is 5.79. The van der Waals surface area contributed by atoms with Crippen LogP contribution in [0, 0.1) is 5.92 Å². The van der Waals surface area contributed by atoms with Gasteiger partial charge in [-0.2, -0.15) is 0 Å². The Morgan fingerprint density at radius 1 is 1.60 bits per heavy atom. The molecular weight excluding hydrogens is 210 g/mol. The van der Waals surface area contributed by atoms with Gasteiger partial charge in [-0.15, -0.1) is 0 Å². The Morgan fingerprint density at radius 2 is 2.53 bits per heavy atom. The van der Waals surface area contributed by atoms with Gasteiger partial charge in [0.1, 0.15) is 0 Å². The molecule has 1 saturated heterocycles. The molecule has 1 unspecified atom stereocenters. The molecule has 1 aliphatic rings. The van der Waals surface area contributed by atoms with E-state index in [2.05, 4.69) is 15.6 Å². The molecule has 1 atom stereocenters. The summed E-state index contributed by atoms with van der Waals surface area (Å²) in [4.78, 5) is 4.03. The van der Waals surface area contributed by atoms with Gasteiger partial charge in [0.25, 0.3) is 0 Å². The Balaban J connectivity index is 1.84. The highest BCUT2D eigenvalue weighted by atomic mass is 35.5. The van der Waals surface area contributed by atoms with Gasteiger partial charge in [-0.3, -0.25) is 0 Å². The van der Waals surface area contributed by atoms with Gasteiger partial charge in [-0.1, -0.05) is 11.6 Å². The van der Waals surface area contributed by atoms with Crippen LogP contribution in [0.15, 0.2) is 18.3 Å². The molecule has 1 aliphatic heterocycles. The number of rotatable bonds is 3. The zero-order chi connectivity index (χ0) is 10.5. The zero-order valence-corrected chi connectivity index (χ0v) is 9.43. The van der Waals surface area contributed by atoms with Crippen molar-refractivity contribution in [3.05, 3.63) is 23.5 Å². The number of hydrogen-bond donors (Lipinski definition) is 2. The van der Waals surface area contributed by atoms with Gasteiger partial charge >= 0.3 is 0 Å². The van der Waals surface area contributed by atoms with Crippen LogP contribution >= 0.6 is 11.6 Å².